The summed E-state index contributed by atoms with van der Waals surface area (Å²) < 4.78 is 5.16. The minimum atomic E-state index is -0.345. The number of nitrogens with one attached hydrogen (secondary N) is 2. The lowest BCUT2D eigenvalue weighted by Crippen LogP contribution is -2.38. The first-order chi connectivity index (χ1) is 8.69. The number of ether oxygens (including phenoxy) is 1. The molecular weight excluding hydrogens is 254 g/mol. The van der Waals surface area contributed by atoms with Crippen molar-refractivity contribution in [2.24, 2.45) is 0 Å². The first-order valence-electron chi connectivity index (χ1n) is 5.54. The molecule has 1 heterocycles. The Morgan fingerprint density at radius 3 is 3.06 bits per heavy atom. The van der Waals surface area contributed by atoms with Crippen LogP contribution < -0.4 is 10.6 Å². The summed E-state index contributed by atoms with van der Waals surface area (Å²) in [6, 6.07) is 6.38. The van der Waals surface area contributed by atoms with Crippen LogP contribution in [0.1, 0.15) is 12.0 Å². The normalized spacial score (nSPS) is 18.1. The maximum absolute atomic E-state index is 11.7. The predicted octanol–water partition coefficient (Wildman–Crippen LogP) is 2.12. The van der Waals surface area contributed by atoms with E-state index in [4.69, 9.17) is 21.6 Å². The van der Waals surface area contributed by atoms with Crippen molar-refractivity contribution in [3.05, 3.63) is 28.8 Å². The molecule has 5 nitrogen and oxygen atoms in total. The summed E-state index contributed by atoms with van der Waals surface area (Å²) in [5, 5.41) is 14.6. The van der Waals surface area contributed by atoms with Crippen molar-refractivity contribution in [3.63, 3.8) is 0 Å². The molecule has 2 rings (SSSR count). The number of rotatable bonds is 2. The molecule has 1 aliphatic heterocycles. The van der Waals surface area contributed by atoms with Crippen molar-refractivity contribution >= 4 is 23.3 Å². The van der Waals surface area contributed by atoms with Crippen molar-refractivity contribution in [2.75, 3.05) is 18.5 Å². The zero-order valence-corrected chi connectivity index (χ0v) is 10.3. The Bertz CT molecular complexity index is 493. The molecule has 0 spiro atoms. The minimum absolute atomic E-state index is 0.0305. The Kier molecular flexibility index (Phi) is 4.03. The second-order valence-corrected chi connectivity index (χ2v) is 4.37. The van der Waals surface area contributed by atoms with Gasteiger partial charge in [-0.05, 0) is 24.6 Å². The van der Waals surface area contributed by atoms with E-state index in [1.54, 1.807) is 12.1 Å². The number of amides is 2. The van der Waals surface area contributed by atoms with E-state index in [0.717, 1.165) is 6.42 Å². The molecule has 0 aromatic heterocycles. The maximum Gasteiger partial charge on any atom is 0.319 e. The van der Waals surface area contributed by atoms with Crippen molar-refractivity contribution < 1.29 is 9.53 Å². The van der Waals surface area contributed by atoms with Gasteiger partial charge in [0, 0.05) is 6.61 Å². The summed E-state index contributed by atoms with van der Waals surface area (Å²) in [6.45, 7) is 1.19. The van der Waals surface area contributed by atoms with Gasteiger partial charge < -0.3 is 15.4 Å². The van der Waals surface area contributed by atoms with Crippen LogP contribution in [0, 0.1) is 11.3 Å². The lowest BCUT2D eigenvalue weighted by atomic mass is 10.2. The number of benzene rings is 1. The highest BCUT2D eigenvalue weighted by atomic mass is 35.5. The number of carbonyl (C=O) groups excluding carboxylic acids is 1. The van der Waals surface area contributed by atoms with Crippen LogP contribution in [0.15, 0.2) is 18.2 Å². The van der Waals surface area contributed by atoms with Crippen LogP contribution in [0.3, 0.4) is 0 Å². The summed E-state index contributed by atoms with van der Waals surface area (Å²) in [4.78, 5) is 11.7. The van der Waals surface area contributed by atoms with Crippen LogP contribution in [-0.2, 0) is 4.74 Å². The quantitative estimate of drug-likeness (QED) is 0.860. The van der Waals surface area contributed by atoms with Crippen molar-refractivity contribution in [3.8, 4) is 6.07 Å². The van der Waals surface area contributed by atoms with Gasteiger partial charge in [0.25, 0.3) is 0 Å². The number of halogens is 1. The second kappa shape index (κ2) is 5.71. The molecule has 6 heteroatoms. The molecule has 1 aromatic carbocycles. The fraction of sp³-hybridized carbons (Fsp3) is 0.333. The maximum atomic E-state index is 11.7. The Labute approximate surface area is 110 Å². The summed E-state index contributed by atoms with van der Waals surface area (Å²) in [7, 11) is 0. The minimum Gasteiger partial charge on any atom is -0.379 e. The third kappa shape index (κ3) is 3.13. The second-order valence-electron chi connectivity index (χ2n) is 3.97. The first-order valence-corrected chi connectivity index (χ1v) is 5.92. The fourth-order valence-electron chi connectivity index (χ4n) is 1.68. The highest BCUT2D eigenvalue weighted by Crippen LogP contribution is 2.22. The summed E-state index contributed by atoms with van der Waals surface area (Å²) in [5.74, 6) is 0. The van der Waals surface area contributed by atoms with Gasteiger partial charge in [-0.1, -0.05) is 11.6 Å². The molecule has 1 aromatic rings. The molecule has 0 aliphatic carbocycles. The highest BCUT2D eigenvalue weighted by Gasteiger charge is 2.18. The van der Waals surface area contributed by atoms with Gasteiger partial charge >= 0.3 is 6.03 Å². The van der Waals surface area contributed by atoms with Gasteiger partial charge in [-0.15, -0.1) is 0 Å². The summed E-state index contributed by atoms with van der Waals surface area (Å²) in [6.07, 6.45) is 0.805. The van der Waals surface area contributed by atoms with Crippen LogP contribution in [0.2, 0.25) is 5.02 Å². The summed E-state index contributed by atoms with van der Waals surface area (Å²) in [5.41, 5.74) is 0.867. The molecular formula is C12H12ClN3O2. The van der Waals surface area contributed by atoms with E-state index in [9.17, 15) is 4.79 Å². The standard InChI is InChI=1S/C12H12ClN3O2/c13-10-2-1-8(6-14)5-11(10)16-12(17)15-9-3-4-18-7-9/h1-2,5,9H,3-4,7H2,(H2,15,16,17). The van der Waals surface area contributed by atoms with Gasteiger partial charge in [-0.25, -0.2) is 4.79 Å². The number of anilines is 1. The largest absolute Gasteiger partial charge is 0.379 e. The molecule has 2 N–H and O–H groups in total. The molecule has 1 unspecified atom stereocenters. The average Bonchev–Trinajstić information content (AvgIpc) is 2.84. The SMILES string of the molecule is N#Cc1ccc(Cl)c(NC(=O)NC2CCOC2)c1. The van der Waals surface area contributed by atoms with E-state index in [2.05, 4.69) is 10.6 Å². The third-order valence-electron chi connectivity index (χ3n) is 2.61. The zero-order valence-electron chi connectivity index (χ0n) is 9.57. The monoisotopic (exact) mass is 265 g/mol. The smallest absolute Gasteiger partial charge is 0.319 e. The Morgan fingerprint density at radius 1 is 1.56 bits per heavy atom. The van der Waals surface area contributed by atoms with Crippen molar-refractivity contribution in [1.82, 2.24) is 5.32 Å². The van der Waals surface area contributed by atoms with Gasteiger partial charge in [0.15, 0.2) is 0 Å². The van der Waals surface area contributed by atoms with Gasteiger partial charge in [-0.3, -0.25) is 0 Å². The van der Waals surface area contributed by atoms with Gasteiger partial charge in [0.2, 0.25) is 0 Å². The van der Waals surface area contributed by atoms with Gasteiger partial charge in [-0.2, -0.15) is 5.26 Å². The summed E-state index contributed by atoms with van der Waals surface area (Å²) >= 11 is 5.94. The van der Waals surface area contributed by atoms with E-state index in [1.807, 2.05) is 6.07 Å². The number of carbonyl (C=O) groups is 1. The molecule has 1 aliphatic rings. The first kappa shape index (κ1) is 12.7. The molecule has 18 heavy (non-hydrogen) atoms. The van der Waals surface area contributed by atoms with Crippen LogP contribution in [0.5, 0.6) is 0 Å². The van der Waals surface area contributed by atoms with Gasteiger partial charge in [0.05, 0.1) is 35.0 Å². The van der Waals surface area contributed by atoms with Crippen molar-refractivity contribution in [2.45, 2.75) is 12.5 Å². The number of hydrogen-bond acceptors (Lipinski definition) is 3. The van der Waals surface area contributed by atoms with Crippen LogP contribution >= 0.6 is 11.6 Å². The van der Waals surface area contributed by atoms with Gasteiger partial charge in [0.1, 0.15) is 0 Å². The molecule has 1 fully saturated rings. The number of hydrogen-bond donors (Lipinski definition) is 2. The van der Waals surface area contributed by atoms with Crippen LogP contribution in [0.25, 0.3) is 0 Å². The van der Waals surface area contributed by atoms with E-state index in [1.165, 1.54) is 6.07 Å². The Morgan fingerprint density at radius 2 is 2.39 bits per heavy atom. The topological polar surface area (TPSA) is 74.2 Å². The lowest BCUT2D eigenvalue weighted by Gasteiger charge is -2.12. The zero-order chi connectivity index (χ0) is 13.0. The highest BCUT2D eigenvalue weighted by molar-refractivity contribution is 6.33. The number of nitriles is 1. The molecule has 0 radical (unpaired) electrons. The van der Waals surface area contributed by atoms with E-state index >= 15 is 0 Å². The molecule has 94 valence electrons. The van der Waals surface area contributed by atoms with E-state index in [-0.39, 0.29) is 12.1 Å². The fourth-order valence-corrected chi connectivity index (χ4v) is 1.85. The Hall–Kier alpha value is -1.77. The number of urea groups is 1. The van der Waals surface area contributed by atoms with E-state index in [0.29, 0.717) is 29.5 Å². The average molecular weight is 266 g/mol. The molecule has 2 amide bonds. The Balaban J connectivity index is 1.99. The molecule has 0 saturated carbocycles. The molecule has 0 bridgehead atoms. The van der Waals surface area contributed by atoms with E-state index < -0.39 is 0 Å². The predicted molar refractivity (Wildman–Crippen MR) is 67.5 cm³/mol. The lowest BCUT2D eigenvalue weighted by molar-refractivity contribution is 0.189. The van der Waals surface area contributed by atoms with Crippen molar-refractivity contribution in [1.29, 1.82) is 5.26 Å². The molecule has 1 atom stereocenters. The van der Waals surface area contributed by atoms with Crippen LogP contribution in [0.4, 0.5) is 10.5 Å². The number of nitrogens with zero attached hydrogens (tertiary/aromatic N) is 1. The third-order valence-corrected chi connectivity index (χ3v) is 2.94. The van der Waals surface area contributed by atoms with Crippen LogP contribution in [-0.4, -0.2) is 25.3 Å². The molecule has 1 saturated heterocycles.